The first-order valence-electron chi connectivity index (χ1n) is 9.10. The van der Waals surface area contributed by atoms with Crippen LogP contribution in [0.5, 0.6) is 11.5 Å². The van der Waals surface area contributed by atoms with Gasteiger partial charge in [0.05, 0.1) is 25.3 Å². The van der Waals surface area contributed by atoms with Gasteiger partial charge < -0.3 is 24.6 Å². The number of rotatable bonds is 6. The van der Waals surface area contributed by atoms with E-state index >= 15 is 0 Å². The SMILES string of the molecule is COCCN1C(=O)C(=O)C(=C(O)c2ccc(OC)cc2C)C1c1ccc(O)cc1. The fraction of sp³-hybridized carbons (Fsp3) is 0.273. The molecule has 1 aliphatic rings. The van der Waals surface area contributed by atoms with E-state index in [1.807, 2.05) is 0 Å². The Balaban J connectivity index is 2.17. The molecule has 29 heavy (non-hydrogen) atoms. The monoisotopic (exact) mass is 397 g/mol. The van der Waals surface area contributed by atoms with Gasteiger partial charge in [-0.3, -0.25) is 9.59 Å². The van der Waals surface area contributed by atoms with Gasteiger partial charge in [0.2, 0.25) is 0 Å². The predicted molar refractivity (Wildman–Crippen MR) is 107 cm³/mol. The van der Waals surface area contributed by atoms with E-state index in [1.54, 1.807) is 44.4 Å². The molecule has 3 rings (SSSR count). The number of aliphatic hydroxyl groups is 1. The van der Waals surface area contributed by atoms with Crippen LogP contribution in [-0.4, -0.2) is 54.2 Å². The van der Waals surface area contributed by atoms with Crippen molar-refractivity contribution in [3.63, 3.8) is 0 Å². The van der Waals surface area contributed by atoms with E-state index in [1.165, 1.54) is 24.1 Å². The van der Waals surface area contributed by atoms with E-state index in [9.17, 15) is 19.8 Å². The lowest BCUT2D eigenvalue weighted by Crippen LogP contribution is -2.32. The van der Waals surface area contributed by atoms with Crippen LogP contribution >= 0.6 is 0 Å². The molecular formula is C22H23NO6. The predicted octanol–water partition coefficient (Wildman–Crippen LogP) is 2.78. The first kappa shape index (κ1) is 20.4. The Morgan fingerprint density at radius 3 is 2.38 bits per heavy atom. The molecule has 1 heterocycles. The summed E-state index contributed by atoms with van der Waals surface area (Å²) in [6, 6.07) is 10.5. The number of nitrogens with zero attached hydrogens (tertiary/aromatic N) is 1. The number of phenolic OH excluding ortho intramolecular Hbond substituents is 1. The standard InChI is InChI=1S/C22H23NO6/c1-13-12-16(29-3)8-9-17(13)20(25)18-19(14-4-6-15(24)7-5-14)23(10-11-28-2)22(27)21(18)26/h4-9,12,19,24-25H,10-11H2,1-3H3. The summed E-state index contributed by atoms with van der Waals surface area (Å²) in [5.74, 6) is -1.02. The van der Waals surface area contributed by atoms with Gasteiger partial charge in [-0.15, -0.1) is 0 Å². The fourth-order valence-corrected chi connectivity index (χ4v) is 3.48. The van der Waals surface area contributed by atoms with Crippen LogP contribution in [-0.2, 0) is 14.3 Å². The van der Waals surface area contributed by atoms with E-state index in [0.717, 1.165) is 0 Å². The molecule has 7 nitrogen and oxygen atoms in total. The van der Waals surface area contributed by atoms with Gasteiger partial charge in [-0.05, 0) is 48.4 Å². The molecule has 0 aromatic heterocycles. The molecule has 2 N–H and O–H groups in total. The van der Waals surface area contributed by atoms with Crippen LogP contribution in [0.3, 0.4) is 0 Å². The number of amides is 1. The van der Waals surface area contributed by atoms with Crippen LogP contribution in [0.1, 0.15) is 22.7 Å². The normalized spacial score (nSPS) is 18.3. The summed E-state index contributed by atoms with van der Waals surface area (Å²) in [6.45, 7) is 2.21. The number of likely N-dealkylation sites (tertiary alicyclic amines) is 1. The number of hydrogen-bond acceptors (Lipinski definition) is 6. The van der Waals surface area contributed by atoms with Crippen molar-refractivity contribution >= 4 is 17.4 Å². The first-order valence-corrected chi connectivity index (χ1v) is 9.10. The maximum atomic E-state index is 12.9. The van der Waals surface area contributed by atoms with Crippen LogP contribution in [0.2, 0.25) is 0 Å². The van der Waals surface area contributed by atoms with E-state index in [-0.39, 0.29) is 30.2 Å². The number of hydrogen-bond donors (Lipinski definition) is 2. The van der Waals surface area contributed by atoms with Crippen molar-refractivity contribution in [2.45, 2.75) is 13.0 Å². The number of aliphatic hydroxyl groups excluding tert-OH is 1. The van der Waals surface area contributed by atoms with Crippen molar-refractivity contribution in [3.05, 3.63) is 64.7 Å². The lowest BCUT2D eigenvalue weighted by Gasteiger charge is -2.25. The molecule has 1 saturated heterocycles. The van der Waals surface area contributed by atoms with Gasteiger partial charge in [0.25, 0.3) is 11.7 Å². The van der Waals surface area contributed by atoms with Gasteiger partial charge in [0, 0.05) is 19.2 Å². The zero-order chi connectivity index (χ0) is 21.1. The van der Waals surface area contributed by atoms with Gasteiger partial charge in [-0.1, -0.05) is 12.1 Å². The Morgan fingerprint density at radius 1 is 1.10 bits per heavy atom. The average molecular weight is 397 g/mol. The van der Waals surface area contributed by atoms with E-state index in [0.29, 0.717) is 22.4 Å². The molecule has 1 fully saturated rings. The second kappa shape index (κ2) is 8.36. The second-order valence-electron chi connectivity index (χ2n) is 6.76. The molecule has 0 radical (unpaired) electrons. The highest BCUT2D eigenvalue weighted by Crippen LogP contribution is 2.40. The minimum atomic E-state index is -0.785. The van der Waals surface area contributed by atoms with Crippen molar-refractivity contribution in [1.29, 1.82) is 0 Å². The molecule has 1 atom stereocenters. The molecule has 1 amide bonds. The Labute approximate surface area is 168 Å². The van der Waals surface area contributed by atoms with Crippen LogP contribution in [0.15, 0.2) is 48.0 Å². The molecule has 2 aromatic rings. The van der Waals surface area contributed by atoms with Gasteiger partial charge >= 0.3 is 0 Å². The third-order valence-electron chi connectivity index (χ3n) is 4.97. The maximum absolute atomic E-state index is 12.9. The second-order valence-corrected chi connectivity index (χ2v) is 6.76. The Morgan fingerprint density at radius 2 is 1.79 bits per heavy atom. The third kappa shape index (κ3) is 3.82. The van der Waals surface area contributed by atoms with Crippen molar-refractivity contribution in [1.82, 2.24) is 4.90 Å². The van der Waals surface area contributed by atoms with Gasteiger partial charge in [0.15, 0.2) is 0 Å². The number of methoxy groups -OCH3 is 2. The number of ether oxygens (including phenoxy) is 2. The lowest BCUT2D eigenvalue weighted by atomic mass is 9.94. The van der Waals surface area contributed by atoms with Crippen molar-refractivity contribution in [3.8, 4) is 11.5 Å². The summed E-state index contributed by atoms with van der Waals surface area (Å²) in [5.41, 5.74) is 1.75. The lowest BCUT2D eigenvalue weighted by molar-refractivity contribution is -0.140. The largest absolute Gasteiger partial charge is 0.508 e. The van der Waals surface area contributed by atoms with Crippen molar-refractivity contribution in [2.75, 3.05) is 27.4 Å². The summed E-state index contributed by atoms with van der Waals surface area (Å²) in [7, 11) is 3.05. The third-order valence-corrected chi connectivity index (χ3v) is 4.97. The molecule has 7 heteroatoms. The molecule has 0 spiro atoms. The van der Waals surface area contributed by atoms with Crippen LogP contribution in [0.25, 0.3) is 5.76 Å². The summed E-state index contributed by atoms with van der Waals surface area (Å²) in [6.07, 6.45) is 0. The summed E-state index contributed by atoms with van der Waals surface area (Å²) >= 11 is 0. The first-order chi connectivity index (χ1) is 13.9. The summed E-state index contributed by atoms with van der Waals surface area (Å²) < 4.78 is 10.3. The van der Waals surface area contributed by atoms with Crippen LogP contribution in [0, 0.1) is 6.92 Å². The summed E-state index contributed by atoms with van der Waals surface area (Å²) in [5, 5.41) is 20.6. The molecule has 2 aromatic carbocycles. The minimum Gasteiger partial charge on any atom is -0.508 e. The Bertz CT molecular complexity index is 964. The van der Waals surface area contributed by atoms with Crippen LogP contribution < -0.4 is 4.74 Å². The number of benzene rings is 2. The van der Waals surface area contributed by atoms with Gasteiger partial charge in [0.1, 0.15) is 17.3 Å². The van der Waals surface area contributed by atoms with Crippen molar-refractivity contribution < 1.29 is 29.3 Å². The Kier molecular flexibility index (Phi) is 5.89. The zero-order valence-electron chi connectivity index (χ0n) is 16.5. The van der Waals surface area contributed by atoms with E-state index in [4.69, 9.17) is 9.47 Å². The van der Waals surface area contributed by atoms with Gasteiger partial charge in [-0.25, -0.2) is 0 Å². The number of Topliss-reactive ketones (excluding diaryl/α,β-unsaturated/α-hetero) is 1. The van der Waals surface area contributed by atoms with Gasteiger partial charge in [-0.2, -0.15) is 0 Å². The van der Waals surface area contributed by atoms with Crippen molar-refractivity contribution in [2.24, 2.45) is 0 Å². The topological polar surface area (TPSA) is 96.3 Å². The molecule has 152 valence electrons. The smallest absolute Gasteiger partial charge is 0.295 e. The molecule has 1 unspecified atom stereocenters. The van der Waals surface area contributed by atoms with Crippen LogP contribution in [0.4, 0.5) is 0 Å². The maximum Gasteiger partial charge on any atom is 0.295 e. The molecular weight excluding hydrogens is 374 g/mol. The Hall–Kier alpha value is -3.32. The molecule has 0 aliphatic carbocycles. The molecule has 0 saturated carbocycles. The highest BCUT2D eigenvalue weighted by atomic mass is 16.5. The highest BCUT2D eigenvalue weighted by molar-refractivity contribution is 6.46. The number of carbonyl (C=O) groups excluding carboxylic acids is 2. The molecule has 0 bridgehead atoms. The molecule has 1 aliphatic heterocycles. The number of ketones is 1. The number of aryl methyl sites for hydroxylation is 1. The quantitative estimate of drug-likeness (QED) is 0.442. The zero-order valence-corrected chi connectivity index (χ0v) is 16.5. The number of phenols is 1. The number of aromatic hydroxyl groups is 1. The minimum absolute atomic E-state index is 0.00468. The highest BCUT2D eigenvalue weighted by Gasteiger charge is 2.45. The van der Waals surface area contributed by atoms with E-state index < -0.39 is 17.7 Å². The number of carbonyl (C=O) groups is 2. The average Bonchev–Trinajstić information content (AvgIpc) is 2.96. The van der Waals surface area contributed by atoms with E-state index in [2.05, 4.69) is 0 Å². The fourth-order valence-electron chi connectivity index (χ4n) is 3.48. The summed E-state index contributed by atoms with van der Waals surface area (Å²) in [4.78, 5) is 26.9.